The van der Waals surface area contributed by atoms with Crippen LogP contribution in [0.15, 0.2) is 24.3 Å². The van der Waals surface area contributed by atoms with Crippen LogP contribution in [-0.4, -0.2) is 49.3 Å². The van der Waals surface area contributed by atoms with E-state index in [0.29, 0.717) is 18.9 Å². The largest absolute Gasteiger partial charge is 0.493 e. The second-order valence-corrected chi connectivity index (χ2v) is 5.38. The molecule has 116 valence electrons. The van der Waals surface area contributed by atoms with Gasteiger partial charge < -0.3 is 14.6 Å². The number of carbonyl (C=O) groups is 1. The first kappa shape index (κ1) is 15.6. The van der Waals surface area contributed by atoms with E-state index < -0.39 is 5.97 Å². The Hall–Kier alpha value is -1.75. The van der Waals surface area contributed by atoms with Crippen molar-refractivity contribution in [3.63, 3.8) is 0 Å². The molecule has 0 radical (unpaired) electrons. The third-order valence-corrected chi connectivity index (χ3v) is 3.90. The molecule has 5 heteroatoms. The van der Waals surface area contributed by atoms with Gasteiger partial charge in [-0.1, -0.05) is 12.1 Å². The van der Waals surface area contributed by atoms with E-state index in [2.05, 4.69) is 4.90 Å². The first-order valence-corrected chi connectivity index (χ1v) is 7.39. The molecule has 1 aromatic rings. The molecule has 1 heterocycles. The Morgan fingerprint density at radius 1 is 1.29 bits per heavy atom. The molecule has 0 bridgehead atoms. The SMILES string of the molecule is COc1ccccc1OCCN1CCC(CC(=O)O)CC1. The van der Waals surface area contributed by atoms with Gasteiger partial charge in [-0.25, -0.2) is 0 Å². The zero-order chi connectivity index (χ0) is 15.1. The molecule has 5 nitrogen and oxygen atoms in total. The molecule has 1 aliphatic heterocycles. The van der Waals surface area contributed by atoms with Crippen LogP contribution in [0.5, 0.6) is 11.5 Å². The summed E-state index contributed by atoms with van der Waals surface area (Å²) < 4.78 is 11.0. The molecule has 1 aromatic carbocycles. The summed E-state index contributed by atoms with van der Waals surface area (Å²) in [5, 5.41) is 8.80. The fourth-order valence-electron chi connectivity index (χ4n) is 2.68. The molecule has 0 atom stereocenters. The van der Waals surface area contributed by atoms with Gasteiger partial charge in [-0.3, -0.25) is 9.69 Å². The van der Waals surface area contributed by atoms with Crippen LogP contribution in [0.2, 0.25) is 0 Å². The molecular weight excluding hydrogens is 270 g/mol. The Kier molecular flexibility index (Phi) is 5.87. The van der Waals surface area contributed by atoms with Crippen LogP contribution in [0.1, 0.15) is 19.3 Å². The van der Waals surface area contributed by atoms with Crippen molar-refractivity contribution in [3.05, 3.63) is 24.3 Å². The number of hydrogen-bond acceptors (Lipinski definition) is 4. The minimum atomic E-state index is -0.687. The molecule has 0 unspecified atom stereocenters. The third kappa shape index (κ3) is 4.93. The minimum absolute atomic E-state index is 0.297. The molecule has 1 fully saturated rings. The summed E-state index contributed by atoms with van der Waals surface area (Å²) in [5.41, 5.74) is 0. The van der Waals surface area contributed by atoms with Gasteiger partial charge in [0.15, 0.2) is 11.5 Å². The van der Waals surface area contributed by atoms with Crippen LogP contribution in [0.3, 0.4) is 0 Å². The van der Waals surface area contributed by atoms with Crippen molar-refractivity contribution in [2.75, 3.05) is 33.4 Å². The molecule has 0 aromatic heterocycles. The van der Waals surface area contributed by atoms with Crippen LogP contribution in [-0.2, 0) is 4.79 Å². The second kappa shape index (κ2) is 7.88. The average molecular weight is 293 g/mol. The highest BCUT2D eigenvalue weighted by molar-refractivity contribution is 5.67. The van der Waals surface area contributed by atoms with Crippen molar-refractivity contribution < 1.29 is 19.4 Å². The third-order valence-electron chi connectivity index (χ3n) is 3.90. The summed E-state index contributed by atoms with van der Waals surface area (Å²) in [6.45, 7) is 3.38. The van der Waals surface area contributed by atoms with Gasteiger partial charge >= 0.3 is 5.97 Å². The van der Waals surface area contributed by atoms with Crippen molar-refractivity contribution in [1.29, 1.82) is 0 Å². The minimum Gasteiger partial charge on any atom is -0.493 e. The normalized spacial score (nSPS) is 16.6. The number of methoxy groups -OCH3 is 1. The molecule has 0 amide bonds. The number of rotatable bonds is 7. The fourth-order valence-corrected chi connectivity index (χ4v) is 2.68. The van der Waals surface area contributed by atoms with Crippen molar-refractivity contribution >= 4 is 5.97 Å². The van der Waals surface area contributed by atoms with Crippen LogP contribution < -0.4 is 9.47 Å². The van der Waals surface area contributed by atoms with Gasteiger partial charge in [0.05, 0.1) is 7.11 Å². The summed E-state index contributed by atoms with van der Waals surface area (Å²) in [7, 11) is 1.63. The van der Waals surface area contributed by atoms with Crippen molar-refractivity contribution in [2.45, 2.75) is 19.3 Å². The number of ether oxygens (including phenoxy) is 2. The van der Waals surface area contributed by atoms with E-state index in [-0.39, 0.29) is 0 Å². The monoisotopic (exact) mass is 293 g/mol. The van der Waals surface area contributed by atoms with Gasteiger partial charge in [0.25, 0.3) is 0 Å². The number of likely N-dealkylation sites (tertiary alicyclic amines) is 1. The van der Waals surface area contributed by atoms with Gasteiger partial charge in [0.1, 0.15) is 6.61 Å². The van der Waals surface area contributed by atoms with Crippen LogP contribution >= 0.6 is 0 Å². The van der Waals surface area contributed by atoms with E-state index in [0.717, 1.165) is 44.0 Å². The molecule has 0 saturated carbocycles. The maximum Gasteiger partial charge on any atom is 0.303 e. The number of benzene rings is 1. The zero-order valence-corrected chi connectivity index (χ0v) is 12.5. The molecule has 0 spiro atoms. The maximum absolute atomic E-state index is 10.7. The Labute approximate surface area is 125 Å². The molecule has 21 heavy (non-hydrogen) atoms. The van der Waals surface area contributed by atoms with E-state index in [9.17, 15) is 4.79 Å². The highest BCUT2D eigenvalue weighted by Crippen LogP contribution is 2.26. The van der Waals surface area contributed by atoms with Crippen molar-refractivity contribution in [3.8, 4) is 11.5 Å². The van der Waals surface area contributed by atoms with Gasteiger partial charge in [-0.15, -0.1) is 0 Å². The molecule has 1 N–H and O–H groups in total. The molecule has 0 aliphatic carbocycles. The predicted octanol–water partition coefficient (Wildman–Crippen LogP) is 2.26. The zero-order valence-electron chi connectivity index (χ0n) is 12.5. The van der Waals surface area contributed by atoms with E-state index in [4.69, 9.17) is 14.6 Å². The lowest BCUT2D eigenvalue weighted by atomic mass is 9.94. The number of hydrogen-bond donors (Lipinski definition) is 1. The Bertz CT molecular complexity index is 455. The first-order chi connectivity index (χ1) is 10.2. The van der Waals surface area contributed by atoms with E-state index in [1.54, 1.807) is 7.11 Å². The molecule has 2 rings (SSSR count). The summed E-state index contributed by atoms with van der Waals surface area (Å²) >= 11 is 0. The lowest BCUT2D eigenvalue weighted by molar-refractivity contribution is -0.138. The van der Waals surface area contributed by atoms with Gasteiger partial charge in [0.2, 0.25) is 0 Å². The van der Waals surface area contributed by atoms with Crippen molar-refractivity contribution in [2.24, 2.45) is 5.92 Å². The van der Waals surface area contributed by atoms with Crippen molar-refractivity contribution in [1.82, 2.24) is 4.90 Å². The molecular formula is C16H23NO4. The summed E-state index contributed by atoms with van der Waals surface area (Å²) in [6, 6.07) is 7.62. The molecule has 1 saturated heterocycles. The Balaban J connectivity index is 1.69. The number of aliphatic carboxylic acids is 1. The lowest BCUT2D eigenvalue weighted by Gasteiger charge is -2.31. The first-order valence-electron chi connectivity index (χ1n) is 7.39. The highest BCUT2D eigenvalue weighted by atomic mass is 16.5. The Morgan fingerprint density at radius 2 is 1.95 bits per heavy atom. The second-order valence-electron chi connectivity index (χ2n) is 5.38. The fraction of sp³-hybridized carbons (Fsp3) is 0.562. The van der Waals surface area contributed by atoms with Gasteiger partial charge in [-0.05, 0) is 44.0 Å². The quantitative estimate of drug-likeness (QED) is 0.835. The smallest absolute Gasteiger partial charge is 0.303 e. The van der Waals surface area contributed by atoms with Gasteiger partial charge in [-0.2, -0.15) is 0 Å². The summed E-state index contributed by atoms with van der Waals surface area (Å²) in [5.74, 6) is 1.15. The highest BCUT2D eigenvalue weighted by Gasteiger charge is 2.21. The number of nitrogens with zero attached hydrogens (tertiary/aromatic N) is 1. The maximum atomic E-state index is 10.7. The standard InChI is InChI=1S/C16H23NO4/c1-20-14-4-2-3-5-15(14)21-11-10-17-8-6-13(7-9-17)12-16(18)19/h2-5,13H,6-12H2,1H3,(H,18,19). The Morgan fingerprint density at radius 3 is 2.57 bits per heavy atom. The van der Waals surface area contributed by atoms with E-state index >= 15 is 0 Å². The predicted molar refractivity (Wildman–Crippen MR) is 79.9 cm³/mol. The topological polar surface area (TPSA) is 59.0 Å². The number of carboxylic acid groups (broad SMARTS) is 1. The number of carboxylic acids is 1. The van der Waals surface area contributed by atoms with Gasteiger partial charge in [0, 0.05) is 13.0 Å². The van der Waals surface area contributed by atoms with E-state index in [1.807, 2.05) is 24.3 Å². The van der Waals surface area contributed by atoms with Crippen LogP contribution in [0, 0.1) is 5.92 Å². The number of para-hydroxylation sites is 2. The molecule has 1 aliphatic rings. The lowest BCUT2D eigenvalue weighted by Crippen LogP contribution is -2.37. The average Bonchev–Trinajstić information content (AvgIpc) is 2.49. The van der Waals surface area contributed by atoms with Crippen LogP contribution in [0.25, 0.3) is 0 Å². The summed E-state index contributed by atoms with van der Waals surface area (Å²) in [6.07, 6.45) is 2.22. The van der Waals surface area contributed by atoms with E-state index in [1.165, 1.54) is 0 Å². The number of piperidine rings is 1. The van der Waals surface area contributed by atoms with Crippen LogP contribution in [0.4, 0.5) is 0 Å². The summed E-state index contributed by atoms with van der Waals surface area (Å²) in [4.78, 5) is 13.0.